The lowest BCUT2D eigenvalue weighted by Gasteiger charge is -2.07. The van der Waals surface area contributed by atoms with Gasteiger partial charge >= 0.3 is 0 Å². The Morgan fingerprint density at radius 3 is 3.00 bits per heavy atom. The maximum Gasteiger partial charge on any atom is 0.213 e. The van der Waals surface area contributed by atoms with Crippen LogP contribution in [0.25, 0.3) is 0 Å². The van der Waals surface area contributed by atoms with Crippen LogP contribution in [0.4, 0.5) is 4.39 Å². The molecular formula is C8H9FINO2. The van der Waals surface area contributed by atoms with Crippen LogP contribution in [0, 0.1) is 9.52 Å². The van der Waals surface area contributed by atoms with Crippen LogP contribution in [0.1, 0.15) is 12.5 Å². The Hall–Kier alpha value is -0.270. The van der Waals surface area contributed by atoms with Gasteiger partial charge in [0.1, 0.15) is 0 Å². The lowest BCUT2D eigenvalue weighted by atomic mass is 10.3. The number of halogens is 2. The van der Waals surface area contributed by atoms with Crippen LogP contribution in [0.2, 0.25) is 0 Å². The Bertz CT molecular complexity index is 293. The summed E-state index contributed by atoms with van der Waals surface area (Å²) >= 11 is 1.99. The van der Waals surface area contributed by atoms with Gasteiger partial charge in [-0.1, -0.05) is 0 Å². The first kappa shape index (κ1) is 10.8. The number of aromatic nitrogens is 1. The van der Waals surface area contributed by atoms with Crippen LogP contribution in [0.15, 0.2) is 12.3 Å². The highest BCUT2D eigenvalue weighted by molar-refractivity contribution is 14.1. The third kappa shape index (κ3) is 3.53. The van der Waals surface area contributed by atoms with Gasteiger partial charge in [0.15, 0.2) is 6.29 Å². The van der Waals surface area contributed by atoms with E-state index >= 15 is 0 Å². The molecule has 1 aromatic heterocycles. The summed E-state index contributed by atoms with van der Waals surface area (Å²) in [5, 5.41) is 8.84. The highest BCUT2D eigenvalue weighted by atomic mass is 127. The van der Waals surface area contributed by atoms with Crippen molar-refractivity contribution in [1.29, 1.82) is 0 Å². The molecule has 0 aliphatic carbocycles. The summed E-state index contributed by atoms with van der Waals surface area (Å²) in [5.74, 6) is -0.509. The average molecular weight is 297 g/mol. The second-order valence-corrected chi connectivity index (χ2v) is 3.67. The quantitative estimate of drug-likeness (QED) is 0.524. The first-order valence-electron chi connectivity index (χ1n) is 3.69. The van der Waals surface area contributed by atoms with Crippen LogP contribution in [0.3, 0.4) is 0 Å². The molecular weight excluding hydrogens is 288 g/mol. The van der Waals surface area contributed by atoms with E-state index in [2.05, 4.69) is 4.98 Å². The van der Waals surface area contributed by atoms with Crippen molar-refractivity contribution in [2.45, 2.75) is 19.8 Å². The van der Waals surface area contributed by atoms with E-state index in [0.29, 0.717) is 0 Å². The molecule has 1 rings (SSSR count). The van der Waals surface area contributed by atoms with Crippen molar-refractivity contribution in [2.75, 3.05) is 0 Å². The molecule has 1 N–H and O–H groups in total. The number of rotatable bonds is 3. The number of aliphatic hydroxyl groups excluding tert-OH is 1. The minimum Gasteiger partial charge on any atom is -0.368 e. The molecule has 5 heteroatoms. The van der Waals surface area contributed by atoms with Gasteiger partial charge in [-0.25, -0.2) is 4.98 Å². The molecule has 0 aliphatic rings. The van der Waals surface area contributed by atoms with Crippen LogP contribution in [0.5, 0.6) is 0 Å². The van der Waals surface area contributed by atoms with Gasteiger partial charge in [0.25, 0.3) is 0 Å². The van der Waals surface area contributed by atoms with E-state index in [4.69, 9.17) is 9.84 Å². The van der Waals surface area contributed by atoms with E-state index in [1.165, 1.54) is 19.2 Å². The summed E-state index contributed by atoms with van der Waals surface area (Å²) in [6.07, 6.45) is 0.584. The van der Waals surface area contributed by atoms with Gasteiger partial charge in [0.05, 0.1) is 6.61 Å². The predicted octanol–water partition coefficient (Wildman–Crippen LogP) is 1.68. The zero-order valence-corrected chi connectivity index (χ0v) is 9.16. The molecule has 1 atom stereocenters. The molecule has 1 aromatic rings. The first-order valence-corrected chi connectivity index (χ1v) is 4.77. The van der Waals surface area contributed by atoms with Gasteiger partial charge in [-0.15, -0.1) is 0 Å². The molecule has 13 heavy (non-hydrogen) atoms. The predicted molar refractivity (Wildman–Crippen MR) is 53.4 cm³/mol. The second kappa shape index (κ2) is 4.83. The molecule has 0 spiro atoms. The molecule has 0 saturated carbocycles. The van der Waals surface area contributed by atoms with E-state index in [9.17, 15) is 4.39 Å². The van der Waals surface area contributed by atoms with Gasteiger partial charge in [-0.05, 0) is 29.5 Å². The Balaban J connectivity index is 2.67. The average Bonchev–Trinajstić information content (AvgIpc) is 2.02. The zero-order valence-electron chi connectivity index (χ0n) is 7.00. The molecule has 0 amide bonds. The van der Waals surface area contributed by atoms with Gasteiger partial charge in [-0.2, -0.15) is 4.39 Å². The minimum atomic E-state index is -0.819. The summed E-state index contributed by atoms with van der Waals surface area (Å²) in [6.45, 7) is 1.76. The smallest absolute Gasteiger partial charge is 0.213 e. The maximum absolute atomic E-state index is 12.5. The summed E-state index contributed by atoms with van der Waals surface area (Å²) < 4.78 is 18.2. The highest BCUT2D eigenvalue weighted by Crippen LogP contribution is 2.13. The van der Waals surface area contributed by atoms with Crippen molar-refractivity contribution >= 4 is 22.6 Å². The van der Waals surface area contributed by atoms with E-state index in [1.54, 1.807) is 0 Å². The summed E-state index contributed by atoms with van der Waals surface area (Å²) in [5.41, 5.74) is 0.767. The molecule has 1 heterocycles. The van der Waals surface area contributed by atoms with Gasteiger partial charge < -0.3 is 9.84 Å². The number of hydrogen-bond donors (Lipinski definition) is 1. The topological polar surface area (TPSA) is 42.4 Å². The fourth-order valence-corrected chi connectivity index (χ4v) is 1.30. The normalized spacial score (nSPS) is 12.9. The van der Waals surface area contributed by atoms with Crippen molar-refractivity contribution < 1.29 is 14.2 Å². The number of nitrogens with zero attached hydrogens (tertiary/aromatic N) is 1. The SMILES string of the molecule is CC(O)OCc1cnc(F)cc1I. The molecule has 1 unspecified atom stereocenters. The molecule has 72 valence electrons. The van der Waals surface area contributed by atoms with E-state index in [0.717, 1.165) is 9.13 Å². The summed E-state index contributed by atoms with van der Waals surface area (Å²) in [4.78, 5) is 3.48. The number of ether oxygens (including phenoxy) is 1. The monoisotopic (exact) mass is 297 g/mol. The molecule has 0 aliphatic heterocycles. The maximum atomic E-state index is 12.5. The Morgan fingerprint density at radius 2 is 2.46 bits per heavy atom. The largest absolute Gasteiger partial charge is 0.368 e. The fourth-order valence-electron chi connectivity index (χ4n) is 0.752. The number of aliphatic hydroxyl groups is 1. The van der Waals surface area contributed by atoms with E-state index in [1.807, 2.05) is 22.6 Å². The van der Waals surface area contributed by atoms with Crippen molar-refractivity contribution in [3.8, 4) is 0 Å². The van der Waals surface area contributed by atoms with Crippen LogP contribution < -0.4 is 0 Å². The van der Waals surface area contributed by atoms with Crippen LogP contribution in [-0.4, -0.2) is 16.4 Å². The second-order valence-electron chi connectivity index (χ2n) is 2.51. The van der Waals surface area contributed by atoms with Crippen molar-refractivity contribution in [1.82, 2.24) is 4.98 Å². The van der Waals surface area contributed by atoms with Gasteiger partial charge in [0.2, 0.25) is 5.95 Å². The molecule has 0 saturated heterocycles. The van der Waals surface area contributed by atoms with Gasteiger partial charge in [0, 0.05) is 21.4 Å². The summed E-state index contributed by atoms with van der Waals surface area (Å²) in [7, 11) is 0. The van der Waals surface area contributed by atoms with Crippen molar-refractivity contribution in [3.63, 3.8) is 0 Å². The van der Waals surface area contributed by atoms with E-state index in [-0.39, 0.29) is 6.61 Å². The fraction of sp³-hybridized carbons (Fsp3) is 0.375. The van der Waals surface area contributed by atoms with Crippen LogP contribution >= 0.6 is 22.6 Å². The standard InChI is InChI=1S/C8H9FINO2/c1-5(12)13-4-6-3-11-8(9)2-7(6)10/h2-3,5,12H,4H2,1H3. The Labute approximate surface area is 89.1 Å². The lowest BCUT2D eigenvalue weighted by molar-refractivity contribution is -0.0942. The molecule has 0 bridgehead atoms. The number of hydrogen-bond acceptors (Lipinski definition) is 3. The lowest BCUT2D eigenvalue weighted by Crippen LogP contribution is -2.07. The van der Waals surface area contributed by atoms with Crippen molar-refractivity contribution in [2.24, 2.45) is 0 Å². The summed E-state index contributed by atoms with van der Waals surface area (Å²) in [6, 6.07) is 1.32. The van der Waals surface area contributed by atoms with Crippen molar-refractivity contribution in [3.05, 3.63) is 27.3 Å². The van der Waals surface area contributed by atoms with Gasteiger partial charge in [-0.3, -0.25) is 0 Å². The number of pyridine rings is 1. The molecule has 0 radical (unpaired) electrons. The van der Waals surface area contributed by atoms with E-state index < -0.39 is 12.2 Å². The minimum absolute atomic E-state index is 0.239. The first-order chi connectivity index (χ1) is 6.09. The third-order valence-electron chi connectivity index (χ3n) is 1.38. The van der Waals surface area contributed by atoms with Crippen LogP contribution in [-0.2, 0) is 11.3 Å². The highest BCUT2D eigenvalue weighted by Gasteiger charge is 2.03. The molecule has 3 nitrogen and oxygen atoms in total. The molecule has 0 fully saturated rings. The Kier molecular flexibility index (Phi) is 4.01. The zero-order chi connectivity index (χ0) is 9.84. The Morgan fingerprint density at radius 1 is 1.77 bits per heavy atom. The third-order valence-corrected chi connectivity index (χ3v) is 2.38. The molecule has 0 aromatic carbocycles.